The predicted octanol–water partition coefficient (Wildman–Crippen LogP) is 1.78. The zero-order valence-corrected chi connectivity index (χ0v) is 15.1. The number of anilines is 1. The van der Waals surface area contributed by atoms with Crippen LogP contribution in [0.15, 0.2) is 18.2 Å². The average molecular weight is 349 g/mol. The van der Waals surface area contributed by atoms with Gasteiger partial charge in [0.05, 0.1) is 32.6 Å². The number of β-lactam (4-membered cyclic amide) rings is 1. The fourth-order valence-electron chi connectivity index (χ4n) is 3.45. The van der Waals surface area contributed by atoms with Crippen LogP contribution in [0.5, 0.6) is 11.5 Å². The van der Waals surface area contributed by atoms with Gasteiger partial charge in [-0.05, 0) is 32.9 Å². The molecular formula is C18H23NO6. The van der Waals surface area contributed by atoms with E-state index < -0.39 is 17.7 Å². The first kappa shape index (κ1) is 17.7. The van der Waals surface area contributed by atoms with Crippen molar-refractivity contribution in [3.8, 4) is 11.5 Å². The Kier molecular flexibility index (Phi) is 4.47. The zero-order valence-electron chi connectivity index (χ0n) is 15.1. The summed E-state index contributed by atoms with van der Waals surface area (Å²) in [4.78, 5) is 26.2. The summed E-state index contributed by atoms with van der Waals surface area (Å²) < 4.78 is 22.2. The first-order chi connectivity index (χ1) is 11.8. The lowest BCUT2D eigenvalue weighted by molar-refractivity contribution is -0.156. The van der Waals surface area contributed by atoms with E-state index in [2.05, 4.69) is 0 Å². The molecule has 2 saturated heterocycles. The summed E-state index contributed by atoms with van der Waals surface area (Å²) in [5, 5.41) is 0. The molecule has 0 aliphatic carbocycles. The molecule has 2 heterocycles. The Morgan fingerprint density at radius 1 is 1.28 bits per heavy atom. The molecule has 0 spiro atoms. The SMILES string of the molecule is COc1ccc(N2C(=O)[C@H](C(C)=O)[C@H]2[C@H]2COC(C)(C)O2)c(OC)c1. The molecule has 2 aliphatic rings. The second-order valence-electron chi connectivity index (χ2n) is 6.69. The quantitative estimate of drug-likeness (QED) is 0.596. The maximum Gasteiger partial charge on any atom is 0.240 e. The molecule has 2 fully saturated rings. The van der Waals surface area contributed by atoms with Crippen LogP contribution in [0.2, 0.25) is 0 Å². The number of methoxy groups -OCH3 is 2. The smallest absolute Gasteiger partial charge is 0.240 e. The van der Waals surface area contributed by atoms with E-state index >= 15 is 0 Å². The van der Waals surface area contributed by atoms with Gasteiger partial charge in [-0.3, -0.25) is 9.59 Å². The van der Waals surface area contributed by atoms with Gasteiger partial charge in [-0.2, -0.15) is 0 Å². The minimum atomic E-state index is -0.736. The lowest BCUT2D eigenvalue weighted by Crippen LogP contribution is -2.68. The van der Waals surface area contributed by atoms with Crippen molar-refractivity contribution >= 4 is 17.4 Å². The third-order valence-electron chi connectivity index (χ3n) is 4.64. The molecule has 0 unspecified atom stereocenters. The lowest BCUT2D eigenvalue weighted by atomic mass is 9.80. The van der Waals surface area contributed by atoms with E-state index in [9.17, 15) is 9.59 Å². The highest BCUT2D eigenvalue weighted by molar-refractivity contribution is 6.15. The maximum atomic E-state index is 12.7. The summed E-state index contributed by atoms with van der Waals surface area (Å²) in [5.41, 5.74) is 0.587. The van der Waals surface area contributed by atoms with Gasteiger partial charge in [0, 0.05) is 6.07 Å². The number of ether oxygens (including phenoxy) is 4. The summed E-state index contributed by atoms with van der Waals surface area (Å²) >= 11 is 0. The number of Topliss-reactive ketones (excluding diaryl/α,β-unsaturated/α-hetero) is 1. The molecule has 0 aromatic heterocycles. The number of rotatable bonds is 5. The van der Waals surface area contributed by atoms with E-state index in [1.54, 1.807) is 30.2 Å². The average Bonchev–Trinajstić information content (AvgIpc) is 2.91. The van der Waals surface area contributed by atoms with E-state index in [0.717, 1.165) is 0 Å². The zero-order chi connectivity index (χ0) is 18.4. The van der Waals surface area contributed by atoms with Gasteiger partial charge in [0.2, 0.25) is 5.91 Å². The number of carbonyl (C=O) groups excluding carboxylic acids is 2. The minimum Gasteiger partial charge on any atom is -0.497 e. The Bertz CT molecular complexity index is 701. The maximum absolute atomic E-state index is 12.7. The fraction of sp³-hybridized carbons (Fsp3) is 0.556. The van der Waals surface area contributed by atoms with E-state index in [0.29, 0.717) is 23.8 Å². The molecular weight excluding hydrogens is 326 g/mol. The van der Waals surface area contributed by atoms with E-state index in [-0.39, 0.29) is 17.8 Å². The monoisotopic (exact) mass is 349 g/mol. The number of nitrogens with zero attached hydrogens (tertiary/aromatic N) is 1. The lowest BCUT2D eigenvalue weighted by Gasteiger charge is -2.48. The molecule has 3 rings (SSSR count). The van der Waals surface area contributed by atoms with E-state index in [1.165, 1.54) is 14.0 Å². The molecule has 0 N–H and O–H groups in total. The second-order valence-corrected chi connectivity index (χ2v) is 6.69. The largest absolute Gasteiger partial charge is 0.497 e. The van der Waals surface area contributed by atoms with Gasteiger partial charge in [0.25, 0.3) is 0 Å². The number of hydrogen-bond acceptors (Lipinski definition) is 6. The van der Waals surface area contributed by atoms with Gasteiger partial charge in [-0.1, -0.05) is 0 Å². The Balaban J connectivity index is 1.97. The molecule has 136 valence electrons. The highest BCUT2D eigenvalue weighted by atomic mass is 16.7. The molecule has 2 aliphatic heterocycles. The number of amides is 1. The molecule has 1 amide bonds. The van der Waals surface area contributed by atoms with Gasteiger partial charge < -0.3 is 23.8 Å². The van der Waals surface area contributed by atoms with Gasteiger partial charge in [0.15, 0.2) is 5.79 Å². The van der Waals surface area contributed by atoms with Crippen LogP contribution >= 0.6 is 0 Å². The van der Waals surface area contributed by atoms with E-state index in [4.69, 9.17) is 18.9 Å². The van der Waals surface area contributed by atoms with Crippen molar-refractivity contribution in [2.45, 2.75) is 38.7 Å². The molecule has 0 saturated carbocycles. The number of ketones is 1. The summed E-state index contributed by atoms with van der Waals surface area (Å²) in [6, 6.07) is 4.78. The van der Waals surface area contributed by atoms with Crippen molar-refractivity contribution in [3.63, 3.8) is 0 Å². The molecule has 25 heavy (non-hydrogen) atoms. The third-order valence-corrected chi connectivity index (χ3v) is 4.64. The highest BCUT2D eigenvalue weighted by Crippen LogP contribution is 2.44. The van der Waals surface area contributed by atoms with Crippen LogP contribution in [0.25, 0.3) is 0 Å². The molecule has 0 bridgehead atoms. The van der Waals surface area contributed by atoms with Gasteiger partial charge in [0.1, 0.15) is 29.3 Å². The summed E-state index contributed by atoms with van der Waals surface area (Å²) in [7, 11) is 3.09. The first-order valence-corrected chi connectivity index (χ1v) is 8.16. The fourth-order valence-corrected chi connectivity index (χ4v) is 3.45. The Morgan fingerprint density at radius 3 is 2.52 bits per heavy atom. The second kappa shape index (κ2) is 6.31. The normalized spacial score (nSPS) is 27.8. The van der Waals surface area contributed by atoms with Crippen LogP contribution in [-0.2, 0) is 19.1 Å². The van der Waals surface area contributed by atoms with Crippen molar-refractivity contribution in [1.29, 1.82) is 0 Å². The van der Waals surface area contributed by atoms with Gasteiger partial charge >= 0.3 is 0 Å². The summed E-state index contributed by atoms with van der Waals surface area (Å²) in [6.45, 7) is 5.38. The van der Waals surface area contributed by atoms with Crippen LogP contribution in [0.3, 0.4) is 0 Å². The van der Waals surface area contributed by atoms with Crippen LogP contribution < -0.4 is 14.4 Å². The molecule has 1 aromatic rings. The third kappa shape index (κ3) is 2.98. The van der Waals surface area contributed by atoms with Crippen molar-refractivity contribution in [1.82, 2.24) is 0 Å². The Hall–Kier alpha value is -2.12. The van der Waals surface area contributed by atoms with Crippen molar-refractivity contribution in [3.05, 3.63) is 18.2 Å². The van der Waals surface area contributed by atoms with E-state index in [1.807, 2.05) is 13.8 Å². The van der Waals surface area contributed by atoms with Crippen molar-refractivity contribution in [2.24, 2.45) is 5.92 Å². The van der Waals surface area contributed by atoms with Crippen LogP contribution in [-0.4, -0.2) is 50.4 Å². The highest BCUT2D eigenvalue weighted by Gasteiger charge is 2.57. The molecule has 0 radical (unpaired) electrons. The van der Waals surface area contributed by atoms with Crippen LogP contribution in [0, 0.1) is 5.92 Å². The molecule has 7 heteroatoms. The van der Waals surface area contributed by atoms with Gasteiger partial charge in [-0.15, -0.1) is 0 Å². The predicted molar refractivity (Wildman–Crippen MR) is 89.9 cm³/mol. The minimum absolute atomic E-state index is 0.174. The topological polar surface area (TPSA) is 74.3 Å². The van der Waals surface area contributed by atoms with Crippen LogP contribution in [0.4, 0.5) is 5.69 Å². The Morgan fingerprint density at radius 2 is 2.00 bits per heavy atom. The molecule has 1 aromatic carbocycles. The van der Waals surface area contributed by atoms with Crippen molar-refractivity contribution in [2.75, 3.05) is 25.7 Å². The first-order valence-electron chi connectivity index (χ1n) is 8.16. The standard InChI is InChI=1S/C18H23NO6/c1-10(20)15-16(14-9-24-18(2,3)25-14)19(17(15)21)12-7-6-11(22-4)8-13(12)23-5/h6-8,14-16H,9H2,1-5H3/t14-,15-,16-/m1/s1. The molecule has 3 atom stereocenters. The number of benzene rings is 1. The summed E-state index contributed by atoms with van der Waals surface area (Å²) in [6.07, 6.45) is -0.381. The Labute approximate surface area is 146 Å². The van der Waals surface area contributed by atoms with Crippen LogP contribution in [0.1, 0.15) is 20.8 Å². The number of carbonyl (C=O) groups is 2. The number of hydrogen-bond donors (Lipinski definition) is 0. The molecule has 7 nitrogen and oxygen atoms in total. The summed E-state index contributed by atoms with van der Waals surface area (Å²) in [5.74, 6) is -0.774. The van der Waals surface area contributed by atoms with Crippen molar-refractivity contribution < 1.29 is 28.5 Å². The van der Waals surface area contributed by atoms with Gasteiger partial charge in [-0.25, -0.2) is 0 Å².